The molecule has 6 heteroatoms. The highest BCUT2D eigenvalue weighted by Crippen LogP contribution is 2.28. The fourth-order valence-corrected chi connectivity index (χ4v) is 3.69. The molecular formula is C21H24N6. The summed E-state index contributed by atoms with van der Waals surface area (Å²) < 4.78 is 0. The molecule has 3 N–H and O–H groups in total. The monoisotopic (exact) mass is 360 g/mol. The third kappa shape index (κ3) is 3.80. The molecule has 3 heterocycles. The van der Waals surface area contributed by atoms with E-state index >= 15 is 0 Å². The molecule has 2 aromatic heterocycles. The van der Waals surface area contributed by atoms with Gasteiger partial charge in [0.05, 0.1) is 5.39 Å². The van der Waals surface area contributed by atoms with Gasteiger partial charge < -0.3 is 15.6 Å². The van der Waals surface area contributed by atoms with E-state index in [2.05, 4.69) is 36.4 Å². The van der Waals surface area contributed by atoms with Crippen LogP contribution >= 0.6 is 0 Å². The van der Waals surface area contributed by atoms with Gasteiger partial charge in [-0.05, 0) is 56.7 Å². The van der Waals surface area contributed by atoms with Crippen LogP contribution in [-0.4, -0.2) is 46.0 Å². The molecule has 0 amide bonds. The number of rotatable bonds is 5. The lowest BCUT2D eigenvalue weighted by Crippen LogP contribution is -2.40. The molecule has 0 atom stereocenters. The number of aromatic nitrogens is 3. The Morgan fingerprint density at radius 3 is 2.93 bits per heavy atom. The van der Waals surface area contributed by atoms with Crippen LogP contribution in [0.25, 0.3) is 11.0 Å². The number of terminal acetylenes is 1. The van der Waals surface area contributed by atoms with Gasteiger partial charge in [-0.1, -0.05) is 12.0 Å². The van der Waals surface area contributed by atoms with Gasteiger partial charge in [0.25, 0.3) is 0 Å². The van der Waals surface area contributed by atoms with E-state index in [0.717, 1.165) is 47.7 Å². The maximum Gasteiger partial charge on any atom is 0.143 e. The summed E-state index contributed by atoms with van der Waals surface area (Å²) >= 11 is 0. The fraction of sp³-hybridized carbons (Fsp3) is 0.333. The van der Waals surface area contributed by atoms with Crippen LogP contribution in [0.1, 0.15) is 24.0 Å². The first-order valence-corrected chi connectivity index (χ1v) is 9.31. The van der Waals surface area contributed by atoms with E-state index in [4.69, 9.17) is 6.42 Å². The zero-order valence-electron chi connectivity index (χ0n) is 15.5. The summed E-state index contributed by atoms with van der Waals surface area (Å²) in [5.74, 6) is 3.47. The summed E-state index contributed by atoms with van der Waals surface area (Å²) in [6, 6.07) is 8.43. The molecule has 0 aliphatic carbocycles. The van der Waals surface area contributed by atoms with Crippen LogP contribution in [-0.2, 0) is 6.54 Å². The summed E-state index contributed by atoms with van der Waals surface area (Å²) in [7, 11) is 2.05. The first-order chi connectivity index (χ1) is 13.3. The van der Waals surface area contributed by atoms with Crippen molar-refractivity contribution < 1.29 is 0 Å². The second-order valence-electron chi connectivity index (χ2n) is 6.95. The van der Waals surface area contributed by atoms with Crippen molar-refractivity contribution >= 4 is 22.5 Å². The lowest BCUT2D eigenvalue weighted by Gasteiger charge is -2.31. The minimum Gasteiger partial charge on any atom is -0.346 e. The molecule has 6 nitrogen and oxygen atoms in total. The Labute approximate surface area is 159 Å². The van der Waals surface area contributed by atoms with Crippen molar-refractivity contribution in [3.05, 3.63) is 47.9 Å². The molecule has 4 rings (SSSR count). The highest BCUT2D eigenvalue weighted by Gasteiger charge is 2.20. The third-order valence-corrected chi connectivity index (χ3v) is 5.23. The average Bonchev–Trinajstić information content (AvgIpc) is 3.12. The highest BCUT2D eigenvalue weighted by molar-refractivity contribution is 5.92. The second kappa shape index (κ2) is 7.78. The van der Waals surface area contributed by atoms with E-state index in [1.165, 1.54) is 18.4 Å². The van der Waals surface area contributed by atoms with Crippen molar-refractivity contribution in [2.75, 3.05) is 25.5 Å². The normalized spacial score (nSPS) is 15.7. The number of piperidine rings is 1. The third-order valence-electron chi connectivity index (χ3n) is 5.23. The first kappa shape index (κ1) is 17.5. The van der Waals surface area contributed by atoms with Crippen LogP contribution in [0.3, 0.4) is 0 Å². The van der Waals surface area contributed by atoms with Crippen LogP contribution in [0.15, 0.2) is 36.8 Å². The number of nitrogens with zero attached hydrogens (tertiary/aromatic N) is 3. The molecule has 1 fully saturated rings. The van der Waals surface area contributed by atoms with Crippen LogP contribution in [0.4, 0.5) is 11.5 Å². The van der Waals surface area contributed by atoms with Crippen molar-refractivity contribution in [1.82, 2.24) is 25.2 Å². The zero-order chi connectivity index (χ0) is 18.6. The Balaban J connectivity index is 1.59. The number of hydrogen-bond donors (Lipinski definition) is 3. The molecule has 27 heavy (non-hydrogen) atoms. The maximum atomic E-state index is 5.52. The molecule has 1 aromatic carbocycles. The Bertz CT molecular complexity index is 962. The number of anilines is 2. The quantitative estimate of drug-likeness (QED) is 0.611. The summed E-state index contributed by atoms with van der Waals surface area (Å²) in [6.07, 6.45) is 11.5. The van der Waals surface area contributed by atoms with E-state index in [1.54, 1.807) is 6.33 Å². The summed E-state index contributed by atoms with van der Waals surface area (Å²) in [5.41, 5.74) is 3.82. The topological polar surface area (TPSA) is 68.9 Å². The SMILES string of the molecule is C#Cc1cccc(Nc2ncnc3[nH]cc(CN4CCC(NC)CC4)c23)c1. The van der Waals surface area contributed by atoms with Crippen LogP contribution < -0.4 is 10.6 Å². The van der Waals surface area contributed by atoms with Gasteiger partial charge in [0.1, 0.15) is 17.8 Å². The van der Waals surface area contributed by atoms with Gasteiger partial charge in [0.2, 0.25) is 0 Å². The van der Waals surface area contributed by atoms with Gasteiger partial charge in [0, 0.05) is 30.0 Å². The highest BCUT2D eigenvalue weighted by atomic mass is 15.1. The Morgan fingerprint density at radius 1 is 1.30 bits per heavy atom. The molecule has 3 aromatic rings. The predicted octanol–water partition coefficient (Wildman–Crippen LogP) is 2.87. The molecule has 0 unspecified atom stereocenters. The minimum atomic E-state index is 0.633. The van der Waals surface area contributed by atoms with Crippen LogP contribution in [0.5, 0.6) is 0 Å². The summed E-state index contributed by atoms with van der Waals surface area (Å²) in [6.45, 7) is 3.08. The summed E-state index contributed by atoms with van der Waals surface area (Å²) in [5, 5.41) is 7.83. The van der Waals surface area contributed by atoms with Gasteiger partial charge in [0.15, 0.2) is 0 Å². The van der Waals surface area contributed by atoms with Crippen LogP contribution in [0.2, 0.25) is 0 Å². The molecule has 1 saturated heterocycles. The number of aromatic amines is 1. The van der Waals surface area contributed by atoms with Gasteiger partial charge >= 0.3 is 0 Å². The second-order valence-corrected chi connectivity index (χ2v) is 6.95. The molecule has 1 aliphatic rings. The Morgan fingerprint density at radius 2 is 2.15 bits per heavy atom. The number of benzene rings is 1. The lowest BCUT2D eigenvalue weighted by molar-refractivity contribution is 0.195. The van der Waals surface area contributed by atoms with E-state index in [0.29, 0.717) is 6.04 Å². The number of hydrogen-bond acceptors (Lipinski definition) is 5. The largest absolute Gasteiger partial charge is 0.346 e. The van der Waals surface area contributed by atoms with Crippen molar-refractivity contribution in [1.29, 1.82) is 0 Å². The summed E-state index contributed by atoms with van der Waals surface area (Å²) in [4.78, 5) is 14.7. The lowest BCUT2D eigenvalue weighted by atomic mass is 10.0. The molecule has 0 radical (unpaired) electrons. The van der Waals surface area contributed by atoms with Gasteiger partial charge in [-0.15, -0.1) is 6.42 Å². The van der Waals surface area contributed by atoms with E-state index in [-0.39, 0.29) is 0 Å². The minimum absolute atomic E-state index is 0.633. The fourth-order valence-electron chi connectivity index (χ4n) is 3.69. The van der Waals surface area contributed by atoms with Gasteiger partial charge in [-0.25, -0.2) is 9.97 Å². The molecule has 138 valence electrons. The zero-order valence-corrected chi connectivity index (χ0v) is 15.5. The standard InChI is InChI=1S/C21H24N6/c1-3-15-5-4-6-18(11-15)26-21-19-16(12-23-20(19)24-14-25-21)13-27-9-7-17(22-2)8-10-27/h1,4-6,11-12,14,17,22H,7-10,13H2,2H3,(H2,23,24,25,26). The average molecular weight is 360 g/mol. The number of fused-ring (bicyclic) bond motifs is 1. The van der Waals surface area contributed by atoms with Crippen molar-refractivity contribution in [3.8, 4) is 12.3 Å². The molecule has 0 saturated carbocycles. The maximum absolute atomic E-state index is 5.52. The van der Waals surface area contributed by atoms with E-state index in [9.17, 15) is 0 Å². The van der Waals surface area contributed by atoms with E-state index < -0.39 is 0 Å². The number of likely N-dealkylation sites (tertiary alicyclic amines) is 1. The van der Waals surface area contributed by atoms with Crippen LogP contribution in [0, 0.1) is 12.3 Å². The molecular weight excluding hydrogens is 336 g/mol. The van der Waals surface area contributed by atoms with Gasteiger partial charge in [-0.3, -0.25) is 4.90 Å². The molecule has 0 bridgehead atoms. The smallest absolute Gasteiger partial charge is 0.143 e. The number of nitrogens with one attached hydrogen (secondary N) is 3. The van der Waals surface area contributed by atoms with Crippen molar-refractivity contribution in [2.24, 2.45) is 0 Å². The predicted molar refractivity (Wildman–Crippen MR) is 109 cm³/mol. The van der Waals surface area contributed by atoms with Crippen molar-refractivity contribution in [2.45, 2.75) is 25.4 Å². The Hall–Kier alpha value is -2.88. The first-order valence-electron chi connectivity index (χ1n) is 9.31. The Kier molecular flexibility index (Phi) is 5.05. The van der Waals surface area contributed by atoms with Crippen molar-refractivity contribution in [3.63, 3.8) is 0 Å². The van der Waals surface area contributed by atoms with E-state index in [1.807, 2.05) is 37.5 Å². The van der Waals surface area contributed by atoms with Gasteiger partial charge in [-0.2, -0.15) is 0 Å². The number of H-pyrrole nitrogens is 1. The molecule has 0 spiro atoms. The molecule has 1 aliphatic heterocycles.